The minimum absolute atomic E-state index is 0.342. The number of hydrogen-bond donors (Lipinski definition) is 2. The lowest BCUT2D eigenvalue weighted by Crippen LogP contribution is -1.98. The van der Waals surface area contributed by atoms with Gasteiger partial charge in [-0.05, 0) is 18.2 Å². The van der Waals surface area contributed by atoms with E-state index in [-0.39, 0.29) is 0 Å². The molecule has 0 aliphatic heterocycles. The number of aromatic nitrogens is 1. The molecule has 3 rings (SSSR count). The molecule has 2 heterocycles. The molecular formula is C15H12N2O2S. The Hall–Kier alpha value is -2.40. The summed E-state index contributed by atoms with van der Waals surface area (Å²) in [4.78, 5) is 15.9. The zero-order chi connectivity index (χ0) is 13.9. The van der Waals surface area contributed by atoms with Gasteiger partial charge in [0, 0.05) is 45.7 Å². The van der Waals surface area contributed by atoms with Crippen molar-refractivity contribution in [3.05, 3.63) is 58.5 Å². The molecule has 0 saturated heterocycles. The molecule has 0 atom stereocenters. The normalized spacial score (nSPS) is 10.6. The number of nitrogens with zero attached hydrogens (tertiary/aromatic N) is 1. The van der Waals surface area contributed by atoms with Gasteiger partial charge in [0.2, 0.25) is 0 Å². The molecule has 0 spiro atoms. The van der Waals surface area contributed by atoms with Gasteiger partial charge in [-0.15, -0.1) is 11.3 Å². The highest BCUT2D eigenvalue weighted by Crippen LogP contribution is 2.23. The van der Waals surface area contributed by atoms with Gasteiger partial charge in [-0.25, -0.2) is 4.79 Å². The van der Waals surface area contributed by atoms with Crippen LogP contribution in [0.25, 0.3) is 10.8 Å². The molecule has 0 bridgehead atoms. The van der Waals surface area contributed by atoms with Crippen molar-refractivity contribution < 1.29 is 9.90 Å². The lowest BCUT2D eigenvalue weighted by molar-refractivity contribution is 0.0697. The second kappa shape index (κ2) is 5.30. The van der Waals surface area contributed by atoms with Crippen LogP contribution >= 0.6 is 11.3 Å². The summed E-state index contributed by atoms with van der Waals surface area (Å²) in [5.74, 6) is -0.885. The second-order valence-electron chi connectivity index (χ2n) is 4.36. The highest BCUT2D eigenvalue weighted by molar-refractivity contribution is 7.10. The fraction of sp³-hybridized carbons (Fsp3) is 0.0667. The Morgan fingerprint density at radius 1 is 1.35 bits per heavy atom. The van der Waals surface area contributed by atoms with Gasteiger partial charge in [0.1, 0.15) is 0 Å². The first kappa shape index (κ1) is 12.6. The van der Waals surface area contributed by atoms with Gasteiger partial charge in [-0.2, -0.15) is 0 Å². The van der Waals surface area contributed by atoms with E-state index in [1.807, 2.05) is 30.5 Å². The van der Waals surface area contributed by atoms with Gasteiger partial charge in [0.15, 0.2) is 0 Å². The number of carboxylic acid groups (broad SMARTS) is 1. The third kappa shape index (κ3) is 2.48. The number of hydrogen-bond acceptors (Lipinski definition) is 4. The van der Waals surface area contributed by atoms with Gasteiger partial charge in [0.05, 0.1) is 5.56 Å². The van der Waals surface area contributed by atoms with Crippen LogP contribution in [0.4, 0.5) is 5.69 Å². The van der Waals surface area contributed by atoms with E-state index >= 15 is 0 Å². The Morgan fingerprint density at radius 2 is 2.25 bits per heavy atom. The van der Waals surface area contributed by atoms with E-state index in [4.69, 9.17) is 5.11 Å². The summed E-state index contributed by atoms with van der Waals surface area (Å²) in [6, 6.07) is 9.67. The number of nitrogens with one attached hydrogen (secondary N) is 1. The van der Waals surface area contributed by atoms with Crippen LogP contribution in [-0.2, 0) is 6.54 Å². The number of aromatic carboxylic acids is 1. The number of pyridine rings is 1. The largest absolute Gasteiger partial charge is 0.478 e. The minimum Gasteiger partial charge on any atom is -0.478 e. The third-order valence-corrected chi connectivity index (χ3v) is 3.97. The molecule has 0 aliphatic carbocycles. The van der Waals surface area contributed by atoms with Gasteiger partial charge >= 0.3 is 5.97 Å². The molecular weight excluding hydrogens is 272 g/mol. The monoisotopic (exact) mass is 284 g/mol. The molecule has 2 N–H and O–H groups in total. The summed E-state index contributed by atoms with van der Waals surface area (Å²) in [6.07, 6.45) is 3.59. The van der Waals surface area contributed by atoms with Crippen LogP contribution < -0.4 is 5.32 Å². The zero-order valence-corrected chi connectivity index (χ0v) is 11.4. The predicted octanol–water partition coefficient (Wildman–Crippen LogP) is 3.61. The first-order chi connectivity index (χ1) is 9.74. The standard InChI is InChI=1S/C15H12N2O2S/c18-15(19)11-6-12(20-9-11)8-17-14-3-1-2-10-7-16-5-4-13(10)14/h1-7,9,17H,8H2,(H,18,19). The molecule has 20 heavy (non-hydrogen) atoms. The molecule has 0 fully saturated rings. The number of carbonyl (C=O) groups is 1. The van der Waals surface area contributed by atoms with Gasteiger partial charge in [-0.1, -0.05) is 12.1 Å². The number of thiophene rings is 1. The van der Waals surface area contributed by atoms with Gasteiger partial charge in [-0.3, -0.25) is 4.98 Å². The van der Waals surface area contributed by atoms with Gasteiger partial charge in [0.25, 0.3) is 0 Å². The van der Waals surface area contributed by atoms with Crippen molar-refractivity contribution in [3.8, 4) is 0 Å². The van der Waals surface area contributed by atoms with E-state index in [0.717, 1.165) is 21.3 Å². The molecule has 4 nitrogen and oxygen atoms in total. The predicted molar refractivity (Wildman–Crippen MR) is 80.3 cm³/mol. The van der Waals surface area contributed by atoms with Crippen LogP contribution in [0.2, 0.25) is 0 Å². The molecule has 0 radical (unpaired) electrons. The Kier molecular flexibility index (Phi) is 3.35. The quantitative estimate of drug-likeness (QED) is 0.768. The number of benzene rings is 1. The van der Waals surface area contributed by atoms with Gasteiger partial charge < -0.3 is 10.4 Å². The van der Waals surface area contributed by atoms with Crippen LogP contribution in [0, 0.1) is 0 Å². The molecule has 2 aromatic heterocycles. The average Bonchev–Trinajstić information content (AvgIpc) is 2.94. The lowest BCUT2D eigenvalue weighted by Gasteiger charge is -2.08. The maximum absolute atomic E-state index is 10.8. The van der Waals surface area contributed by atoms with Crippen LogP contribution in [0.1, 0.15) is 15.2 Å². The summed E-state index contributed by atoms with van der Waals surface area (Å²) in [7, 11) is 0. The lowest BCUT2D eigenvalue weighted by atomic mass is 10.1. The molecule has 1 aromatic carbocycles. The van der Waals surface area contributed by atoms with Crippen LogP contribution in [-0.4, -0.2) is 16.1 Å². The SMILES string of the molecule is O=C(O)c1csc(CNc2cccc3cnccc23)c1. The number of fused-ring (bicyclic) bond motifs is 1. The highest BCUT2D eigenvalue weighted by atomic mass is 32.1. The van der Waals surface area contributed by atoms with Crippen molar-refractivity contribution >= 4 is 33.8 Å². The van der Waals surface area contributed by atoms with Crippen molar-refractivity contribution in [2.24, 2.45) is 0 Å². The van der Waals surface area contributed by atoms with Crippen molar-refractivity contribution in [3.63, 3.8) is 0 Å². The van der Waals surface area contributed by atoms with E-state index in [1.54, 1.807) is 17.6 Å². The molecule has 100 valence electrons. The molecule has 3 aromatic rings. The van der Waals surface area contributed by atoms with E-state index in [1.165, 1.54) is 11.3 Å². The fourth-order valence-corrected chi connectivity index (χ4v) is 2.84. The number of carboxylic acids is 1. The maximum atomic E-state index is 10.8. The van der Waals surface area contributed by atoms with E-state index < -0.39 is 5.97 Å². The van der Waals surface area contributed by atoms with E-state index in [2.05, 4.69) is 10.3 Å². The summed E-state index contributed by atoms with van der Waals surface area (Å²) in [6.45, 7) is 0.610. The van der Waals surface area contributed by atoms with E-state index in [0.29, 0.717) is 12.1 Å². The van der Waals surface area contributed by atoms with Crippen molar-refractivity contribution in [1.82, 2.24) is 4.98 Å². The smallest absolute Gasteiger partial charge is 0.336 e. The Labute approximate surface area is 119 Å². The fourth-order valence-electron chi connectivity index (χ4n) is 2.04. The molecule has 0 amide bonds. The highest BCUT2D eigenvalue weighted by Gasteiger charge is 2.07. The molecule has 0 saturated carbocycles. The van der Waals surface area contributed by atoms with Crippen LogP contribution in [0.5, 0.6) is 0 Å². The maximum Gasteiger partial charge on any atom is 0.336 e. The van der Waals surface area contributed by atoms with Crippen LogP contribution in [0.3, 0.4) is 0 Å². The first-order valence-electron chi connectivity index (χ1n) is 6.11. The molecule has 5 heteroatoms. The average molecular weight is 284 g/mol. The third-order valence-electron chi connectivity index (χ3n) is 3.03. The van der Waals surface area contributed by atoms with Crippen LogP contribution in [0.15, 0.2) is 48.1 Å². The number of rotatable bonds is 4. The summed E-state index contributed by atoms with van der Waals surface area (Å²) in [5.41, 5.74) is 1.36. The first-order valence-corrected chi connectivity index (χ1v) is 6.99. The Balaban J connectivity index is 1.81. The molecule has 0 aliphatic rings. The minimum atomic E-state index is -0.885. The summed E-state index contributed by atoms with van der Waals surface area (Å²) < 4.78 is 0. The molecule has 0 unspecified atom stereocenters. The zero-order valence-electron chi connectivity index (χ0n) is 10.5. The number of anilines is 1. The van der Waals surface area contributed by atoms with Crippen molar-refractivity contribution in [1.29, 1.82) is 0 Å². The summed E-state index contributed by atoms with van der Waals surface area (Å²) in [5, 5.41) is 16.1. The second-order valence-corrected chi connectivity index (χ2v) is 5.36. The van der Waals surface area contributed by atoms with E-state index in [9.17, 15) is 4.79 Å². The van der Waals surface area contributed by atoms with Crippen molar-refractivity contribution in [2.75, 3.05) is 5.32 Å². The Bertz CT molecular complexity index is 762. The summed E-state index contributed by atoms with van der Waals surface area (Å²) >= 11 is 1.45. The topological polar surface area (TPSA) is 62.2 Å². The van der Waals surface area contributed by atoms with Crippen molar-refractivity contribution in [2.45, 2.75) is 6.54 Å². The Morgan fingerprint density at radius 3 is 3.05 bits per heavy atom.